The molecule has 0 spiro atoms. The van der Waals surface area contributed by atoms with Crippen molar-refractivity contribution < 1.29 is 4.79 Å². The summed E-state index contributed by atoms with van der Waals surface area (Å²) in [4.78, 5) is 12.2. The fraction of sp³-hybridized carbons (Fsp3) is 0.222. The number of nitrogens with one attached hydrogen (secondary N) is 2. The van der Waals surface area contributed by atoms with Crippen LogP contribution in [0, 0.1) is 0 Å². The number of anilines is 1. The molecular weight excluding hydrogens is 363 g/mol. The third-order valence-electron chi connectivity index (χ3n) is 3.76. The van der Waals surface area contributed by atoms with Crippen molar-refractivity contribution in [2.75, 3.05) is 5.32 Å². The van der Waals surface area contributed by atoms with Crippen LogP contribution in [0.5, 0.6) is 0 Å². The van der Waals surface area contributed by atoms with Gasteiger partial charge < -0.3 is 5.32 Å². The Morgan fingerprint density at radius 3 is 2.54 bits per heavy atom. The lowest BCUT2D eigenvalue weighted by Gasteiger charge is -2.17. The SMILES string of the molecule is CC[C@@H](C)c1ccccc1NC(=S)NC(=O)c1ccc(Cl)c(Cl)c1. The lowest BCUT2D eigenvalue weighted by molar-refractivity contribution is 0.0977. The van der Waals surface area contributed by atoms with Gasteiger partial charge in [0.2, 0.25) is 0 Å². The van der Waals surface area contributed by atoms with Crippen molar-refractivity contribution in [3.63, 3.8) is 0 Å². The summed E-state index contributed by atoms with van der Waals surface area (Å²) in [5.74, 6) is 0.0503. The molecule has 0 fully saturated rings. The molecule has 0 aromatic heterocycles. The Bertz CT molecular complexity index is 764. The zero-order valence-corrected chi connectivity index (χ0v) is 15.7. The molecule has 0 unspecified atom stereocenters. The van der Waals surface area contributed by atoms with E-state index in [0.29, 0.717) is 21.5 Å². The molecule has 0 saturated carbocycles. The fourth-order valence-corrected chi connectivity index (χ4v) is 2.73. The summed E-state index contributed by atoms with van der Waals surface area (Å²) in [5, 5.41) is 6.71. The summed E-state index contributed by atoms with van der Waals surface area (Å²) in [5.41, 5.74) is 2.45. The lowest BCUT2D eigenvalue weighted by Crippen LogP contribution is -2.34. The van der Waals surface area contributed by atoms with Crippen LogP contribution in [0.1, 0.15) is 42.1 Å². The Morgan fingerprint density at radius 2 is 1.88 bits per heavy atom. The van der Waals surface area contributed by atoms with E-state index in [-0.39, 0.29) is 11.0 Å². The van der Waals surface area contributed by atoms with Gasteiger partial charge in [0.05, 0.1) is 10.0 Å². The van der Waals surface area contributed by atoms with Gasteiger partial charge in [0.1, 0.15) is 0 Å². The van der Waals surface area contributed by atoms with Gasteiger partial charge in [-0.3, -0.25) is 10.1 Å². The normalized spacial score (nSPS) is 11.7. The highest BCUT2D eigenvalue weighted by Crippen LogP contribution is 2.26. The van der Waals surface area contributed by atoms with Crippen molar-refractivity contribution >= 4 is 52.1 Å². The molecular formula is C18H18Cl2N2OS. The van der Waals surface area contributed by atoms with Crippen LogP contribution < -0.4 is 10.6 Å². The molecule has 0 bridgehead atoms. The molecule has 0 aliphatic carbocycles. The molecule has 3 nitrogen and oxygen atoms in total. The van der Waals surface area contributed by atoms with Crippen LogP contribution in [-0.4, -0.2) is 11.0 Å². The highest BCUT2D eigenvalue weighted by atomic mass is 35.5. The molecule has 24 heavy (non-hydrogen) atoms. The fourth-order valence-electron chi connectivity index (χ4n) is 2.23. The second-order valence-electron chi connectivity index (χ2n) is 5.43. The Labute approximate surface area is 157 Å². The predicted molar refractivity (Wildman–Crippen MR) is 105 cm³/mol. The molecule has 126 valence electrons. The number of hydrogen-bond donors (Lipinski definition) is 2. The van der Waals surface area contributed by atoms with Gasteiger partial charge in [-0.2, -0.15) is 0 Å². The van der Waals surface area contributed by atoms with E-state index in [2.05, 4.69) is 30.5 Å². The summed E-state index contributed by atoms with van der Waals surface area (Å²) >= 11 is 17.0. The van der Waals surface area contributed by atoms with Crippen LogP contribution in [0.25, 0.3) is 0 Å². The highest BCUT2D eigenvalue weighted by molar-refractivity contribution is 7.80. The van der Waals surface area contributed by atoms with Crippen LogP contribution in [0.3, 0.4) is 0 Å². The number of thiocarbonyl (C=S) groups is 1. The van der Waals surface area contributed by atoms with Gasteiger partial charge in [0.15, 0.2) is 5.11 Å². The van der Waals surface area contributed by atoms with Gasteiger partial charge in [-0.1, -0.05) is 55.2 Å². The maximum atomic E-state index is 12.2. The molecule has 0 aliphatic rings. The zero-order valence-electron chi connectivity index (χ0n) is 13.4. The number of rotatable bonds is 4. The van der Waals surface area contributed by atoms with Crippen LogP contribution in [0.15, 0.2) is 42.5 Å². The number of amides is 1. The second-order valence-corrected chi connectivity index (χ2v) is 6.66. The van der Waals surface area contributed by atoms with E-state index in [1.165, 1.54) is 6.07 Å². The van der Waals surface area contributed by atoms with E-state index in [1.54, 1.807) is 12.1 Å². The lowest BCUT2D eigenvalue weighted by atomic mass is 9.97. The molecule has 2 aromatic carbocycles. The summed E-state index contributed by atoms with van der Waals surface area (Å²) in [6.45, 7) is 4.28. The van der Waals surface area contributed by atoms with Crippen molar-refractivity contribution in [2.24, 2.45) is 0 Å². The summed E-state index contributed by atoms with van der Waals surface area (Å²) in [6.07, 6.45) is 1.01. The third kappa shape index (κ3) is 4.69. The first kappa shape index (κ1) is 18.7. The number of halogens is 2. The molecule has 0 saturated heterocycles. The largest absolute Gasteiger partial charge is 0.332 e. The Kier molecular flexibility index (Phi) is 6.60. The van der Waals surface area contributed by atoms with Crippen LogP contribution in [-0.2, 0) is 0 Å². The minimum Gasteiger partial charge on any atom is -0.332 e. The molecule has 0 radical (unpaired) electrons. The van der Waals surface area contributed by atoms with Crippen LogP contribution in [0.4, 0.5) is 5.69 Å². The van der Waals surface area contributed by atoms with Gasteiger partial charge in [0.25, 0.3) is 5.91 Å². The quantitative estimate of drug-likeness (QED) is 0.674. The average molecular weight is 381 g/mol. The molecule has 6 heteroatoms. The predicted octanol–water partition coefficient (Wildman–Crippen LogP) is 5.63. The molecule has 2 aromatic rings. The van der Waals surface area contributed by atoms with E-state index >= 15 is 0 Å². The Hall–Kier alpha value is -1.62. The van der Waals surface area contributed by atoms with E-state index < -0.39 is 0 Å². The van der Waals surface area contributed by atoms with Gasteiger partial charge in [-0.25, -0.2) is 0 Å². The second kappa shape index (κ2) is 8.47. The monoisotopic (exact) mass is 380 g/mol. The van der Waals surface area contributed by atoms with E-state index in [4.69, 9.17) is 35.4 Å². The van der Waals surface area contributed by atoms with Gasteiger partial charge in [-0.05, 0) is 54.4 Å². The highest BCUT2D eigenvalue weighted by Gasteiger charge is 2.12. The summed E-state index contributed by atoms with van der Waals surface area (Å²) < 4.78 is 0. The van der Waals surface area contributed by atoms with Crippen molar-refractivity contribution in [3.05, 3.63) is 63.6 Å². The van der Waals surface area contributed by atoms with Crippen LogP contribution >= 0.6 is 35.4 Å². The number of carbonyl (C=O) groups is 1. The first-order valence-corrected chi connectivity index (χ1v) is 8.75. The molecule has 2 rings (SSSR count). The average Bonchev–Trinajstić information content (AvgIpc) is 2.57. The maximum Gasteiger partial charge on any atom is 0.257 e. The van der Waals surface area contributed by atoms with Crippen LogP contribution in [0.2, 0.25) is 10.0 Å². The molecule has 1 amide bonds. The number of hydrogen-bond acceptors (Lipinski definition) is 2. The van der Waals surface area contributed by atoms with Crippen molar-refractivity contribution in [2.45, 2.75) is 26.2 Å². The van der Waals surface area contributed by atoms with Crippen molar-refractivity contribution in [3.8, 4) is 0 Å². The Morgan fingerprint density at radius 1 is 1.17 bits per heavy atom. The zero-order chi connectivity index (χ0) is 17.7. The minimum atomic E-state index is -0.341. The number of benzene rings is 2. The first-order chi connectivity index (χ1) is 11.4. The maximum absolute atomic E-state index is 12.2. The van der Waals surface area contributed by atoms with Crippen molar-refractivity contribution in [1.82, 2.24) is 5.32 Å². The van der Waals surface area contributed by atoms with Gasteiger partial charge in [0, 0.05) is 11.3 Å². The summed E-state index contributed by atoms with van der Waals surface area (Å²) in [7, 11) is 0. The topological polar surface area (TPSA) is 41.1 Å². The van der Waals surface area contributed by atoms with E-state index in [0.717, 1.165) is 17.7 Å². The van der Waals surface area contributed by atoms with E-state index in [1.807, 2.05) is 18.2 Å². The molecule has 1 atom stereocenters. The minimum absolute atomic E-state index is 0.238. The smallest absolute Gasteiger partial charge is 0.257 e. The van der Waals surface area contributed by atoms with E-state index in [9.17, 15) is 4.79 Å². The number of para-hydroxylation sites is 1. The van der Waals surface area contributed by atoms with Crippen molar-refractivity contribution in [1.29, 1.82) is 0 Å². The van der Waals surface area contributed by atoms with Gasteiger partial charge >= 0.3 is 0 Å². The molecule has 0 heterocycles. The Balaban J connectivity index is 2.08. The van der Waals surface area contributed by atoms with Gasteiger partial charge in [-0.15, -0.1) is 0 Å². The third-order valence-corrected chi connectivity index (χ3v) is 4.70. The first-order valence-electron chi connectivity index (χ1n) is 7.58. The standard InChI is InChI=1S/C18H18Cl2N2OS/c1-3-11(2)13-6-4-5-7-16(13)21-18(24)22-17(23)12-8-9-14(19)15(20)10-12/h4-11H,3H2,1-2H3,(H2,21,22,23,24)/t11-/m1/s1. The number of carbonyl (C=O) groups excluding carboxylic acids is 1. The molecule has 0 aliphatic heterocycles. The molecule has 2 N–H and O–H groups in total. The summed E-state index contributed by atoms with van der Waals surface area (Å²) in [6, 6.07) is 12.6.